The second-order valence-corrected chi connectivity index (χ2v) is 5.02. The number of imidazole rings is 1. The van der Waals surface area contributed by atoms with E-state index >= 15 is 0 Å². The minimum Gasteiger partial charge on any atom is -0.316 e. The molecule has 1 aromatic heterocycles. The Bertz CT molecular complexity index is 789. The zero-order valence-electron chi connectivity index (χ0n) is 12.2. The zero-order chi connectivity index (χ0) is 14.5. The summed E-state index contributed by atoms with van der Waals surface area (Å²) in [7, 11) is 0. The van der Waals surface area contributed by atoms with Crippen LogP contribution in [0, 0.1) is 11.8 Å². The molecule has 0 aliphatic rings. The lowest BCUT2D eigenvalue weighted by Gasteiger charge is -2.03. The van der Waals surface area contributed by atoms with Crippen molar-refractivity contribution in [3.05, 3.63) is 66.0 Å². The van der Waals surface area contributed by atoms with Gasteiger partial charge in [-0.15, -0.1) is 0 Å². The predicted molar refractivity (Wildman–Crippen MR) is 87.0 cm³/mol. The van der Waals surface area contributed by atoms with Gasteiger partial charge in [-0.05, 0) is 30.7 Å². The number of hydrogen-bond acceptors (Lipinski definition) is 1. The van der Waals surface area contributed by atoms with Crippen LogP contribution in [0.1, 0.15) is 24.7 Å². The largest absolute Gasteiger partial charge is 0.316 e. The first-order valence-electron chi connectivity index (χ1n) is 7.36. The number of aryl methyl sites for hydroxylation is 1. The average Bonchev–Trinajstić information content (AvgIpc) is 2.87. The molecule has 0 saturated carbocycles. The molecule has 3 rings (SSSR count). The third-order valence-electron chi connectivity index (χ3n) is 3.45. The van der Waals surface area contributed by atoms with Crippen LogP contribution in [0.15, 0.2) is 54.6 Å². The topological polar surface area (TPSA) is 17.8 Å². The molecule has 2 aromatic carbocycles. The Balaban J connectivity index is 1.92. The van der Waals surface area contributed by atoms with E-state index in [0.29, 0.717) is 6.54 Å². The van der Waals surface area contributed by atoms with E-state index in [0.717, 1.165) is 29.7 Å². The van der Waals surface area contributed by atoms with Gasteiger partial charge in [0.1, 0.15) is 5.82 Å². The zero-order valence-corrected chi connectivity index (χ0v) is 12.2. The van der Waals surface area contributed by atoms with Crippen molar-refractivity contribution >= 4 is 11.0 Å². The molecule has 0 bridgehead atoms. The molecule has 0 N–H and O–H groups in total. The first kappa shape index (κ1) is 13.5. The normalized spacial score (nSPS) is 10.3. The summed E-state index contributed by atoms with van der Waals surface area (Å²) in [4.78, 5) is 4.72. The smallest absolute Gasteiger partial charge is 0.110 e. The van der Waals surface area contributed by atoms with Crippen molar-refractivity contribution in [3.8, 4) is 11.8 Å². The van der Waals surface area contributed by atoms with Crippen molar-refractivity contribution in [1.82, 2.24) is 9.55 Å². The molecule has 2 heteroatoms. The maximum Gasteiger partial charge on any atom is 0.110 e. The highest BCUT2D eigenvalue weighted by Crippen LogP contribution is 2.16. The molecule has 0 amide bonds. The maximum atomic E-state index is 4.72. The fourth-order valence-corrected chi connectivity index (χ4v) is 2.46. The summed E-state index contributed by atoms with van der Waals surface area (Å²) in [6, 6.07) is 18.4. The highest BCUT2D eigenvalue weighted by molar-refractivity contribution is 5.76. The highest BCUT2D eigenvalue weighted by atomic mass is 15.1. The quantitative estimate of drug-likeness (QED) is 0.659. The minimum absolute atomic E-state index is 0.685. The lowest BCUT2D eigenvalue weighted by molar-refractivity contribution is 0.742. The Hall–Kier alpha value is -2.53. The molecule has 3 aromatic rings. The van der Waals surface area contributed by atoms with E-state index in [1.165, 1.54) is 5.52 Å². The van der Waals surface area contributed by atoms with Crippen LogP contribution < -0.4 is 0 Å². The number of aromatic nitrogens is 2. The summed E-state index contributed by atoms with van der Waals surface area (Å²) in [6.45, 7) is 2.87. The number of fused-ring (bicyclic) bond motifs is 1. The van der Waals surface area contributed by atoms with Crippen LogP contribution in [-0.4, -0.2) is 9.55 Å². The van der Waals surface area contributed by atoms with Crippen molar-refractivity contribution in [2.45, 2.75) is 26.3 Å². The second-order valence-electron chi connectivity index (χ2n) is 5.02. The van der Waals surface area contributed by atoms with Crippen LogP contribution >= 0.6 is 0 Å². The van der Waals surface area contributed by atoms with Crippen LogP contribution in [0.3, 0.4) is 0 Å². The summed E-state index contributed by atoms with van der Waals surface area (Å²) in [5.41, 5.74) is 3.28. The van der Waals surface area contributed by atoms with E-state index in [9.17, 15) is 0 Å². The van der Waals surface area contributed by atoms with Crippen LogP contribution in [0.5, 0.6) is 0 Å². The van der Waals surface area contributed by atoms with Gasteiger partial charge >= 0.3 is 0 Å². The minimum atomic E-state index is 0.685. The van der Waals surface area contributed by atoms with Crippen molar-refractivity contribution in [2.24, 2.45) is 0 Å². The number of hydrogen-bond donors (Lipinski definition) is 0. The Kier molecular flexibility index (Phi) is 4.02. The third-order valence-corrected chi connectivity index (χ3v) is 3.45. The second kappa shape index (κ2) is 6.28. The number of rotatable bonds is 3. The monoisotopic (exact) mass is 274 g/mol. The molecule has 0 radical (unpaired) electrons. The Morgan fingerprint density at radius 2 is 1.76 bits per heavy atom. The first-order valence-corrected chi connectivity index (χ1v) is 7.36. The third kappa shape index (κ3) is 2.98. The highest BCUT2D eigenvalue weighted by Gasteiger charge is 2.07. The van der Waals surface area contributed by atoms with Gasteiger partial charge in [-0.3, -0.25) is 0 Å². The number of para-hydroxylation sites is 2. The van der Waals surface area contributed by atoms with E-state index in [1.54, 1.807) is 0 Å². The van der Waals surface area contributed by atoms with Gasteiger partial charge in [-0.1, -0.05) is 49.1 Å². The molecule has 0 atom stereocenters. The van der Waals surface area contributed by atoms with E-state index in [4.69, 9.17) is 4.98 Å². The predicted octanol–water partition coefficient (Wildman–Crippen LogP) is 4.04. The molecule has 1 heterocycles. The fourth-order valence-electron chi connectivity index (χ4n) is 2.46. The van der Waals surface area contributed by atoms with Crippen molar-refractivity contribution in [1.29, 1.82) is 0 Å². The summed E-state index contributed by atoms with van der Waals surface area (Å²) in [5.74, 6) is 7.61. The summed E-state index contributed by atoms with van der Waals surface area (Å²) in [6.07, 6.45) is 2.08. The van der Waals surface area contributed by atoms with Crippen LogP contribution in [0.4, 0.5) is 0 Å². The first-order chi connectivity index (χ1) is 10.4. The van der Waals surface area contributed by atoms with Gasteiger partial charge in [0.25, 0.3) is 0 Å². The molecule has 0 unspecified atom stereocenters. The standard InChI is InChI=1S/C19H18N2/c1-2-9-19-20-17-13-6-7-14-18(17)21(19)15-8-12-16-10-4-3-5-11-16/h3-7,10-11,13-14H,2,9,15H2,1H3. The van der Waals surface area contributed by atoms with Gasteiger partial charge < -0.3 is 4.57 Å². The van der Waals surface area contributed by atoms with Crippen LogP contribution in [-0.2, 0) is 13.0 Å². The van der Waals surface area contributed by atoms with Gasteiger partial charge in [0.2, 0.25) is 0 Å². The summed E-state index contributed by atoms with van der Waals surface area (Å²) in [5, 5.41) is 0. The number of benzene rings is 2. The Morgan fingerprint density at radius 1 is 1.00 bits per heavy atom. The Morgan fingerprint density at radius 3 is 2.57 bits per heavy atom. The van der Waals surface area contributed by atoms with Gasteiger partial charge in [-0.25, -0.2) is 4.98 Å². The van der Waals surface area contributed by atoms with Crippen molar-refractivity contribution < 1.29 is 0 Å². The Labute approximate surface area is 125 Å². The average molecular weight is 274 g/mol. The lowest BCUT2D eigenvalue weighted by Crippen LogP contribution is -2.02. The van der Waals surface area contributed by atoms with Gasteiger partial charge in [-0.2, -0.15) is 0 Å². The van der Waals surface area contributed by atoms with E-state index in [2.05, 4.69) is 41.5 Å². The molecule has 21 heavy (non-hydrogen) atoms. The number of nitrogens with zero attached hydrogens (tertiary/aromatic N) is 2. The summed E-state index contributed by atoms with van der Waals surface area (Å²) >= 11 is 0. The van der Waals surface area contributed by atoms with Gasteiger partial charge in [0.05, 0.1) is 17.6 Å². The molecule has 0 saturated heterocycles. The van der Waals surface area contributed by atoms with E-state index in [1.807, 2.05) is 36.4 Å². The lowest BCUT2D eigenvalue weighted by atomic mass is 10.2. The molecular weight excluding hydrogens is 256 g/mol. The maximum absolute atomic E-state index is 4.72. The molecule has 0 fully saturated rings. The molecule has 0 aliphatic carbocycles. The van der Waals surface area contributed by atoms with Crippen molar-refractivity contribution in [3.63, 3.8) is 0 Å². The molecule has 2 nitrogen and oxygen atoms in total. The van der Waals surface area contributed by atoms with E-state index < -0.39 is 0 Å². The summed E-state index contributed by atoms with van der Waals surface area (Å²) < 4.78 is 2.23. The van der Waals surface area contributed by atoms with Gasteiger partial charge in [0, 0.05) is 12.0 Å². The van der Waals surface area contributed by atoms with Gasteiger partial charge in [0.15, 0.2) is 0 Å². The molecule has 0 spiro atoms. The molecule has 0 aliphatic heterocycles. The van der Waals surface area contributed by atoms with Crippen LogP contribution in [0.25, 0.3) is 11.0 Å². The van der Waals surface area contributed by atoms with Crippen molar-refractivity contribution in [2.75, 3.05) is 0 Å². The van der Waals surface area contributed by atoms with E-state index in [-0.39, 0.29) is 0 Å². The molecule has 104 valence electrons. The van der Waals surface area contributed by atoms with Crippen LogP contribution in [0.2, 0.25) is 0 Å². The fraction of sp³-hybridized carbons (Fsp3) is 0.211. The molecular formula is C19H18N2. The SMILES string of the molecule is CCCc1nc2ccccc2n1CC#Cc1ccccc1.